The molecule has 1 heterocycles. The zero-order valence-corrected chi connectivity index (χ0v) is 8.88. The van der Waals surface area contributed by atoms with Crippen LogP contribution < -0.4 is 0 Å². The summed E-state index contributed by atoms with van der Waals surface area (Å²) >= 11 is 1.50. The van der Waals surface area contributed by atoms with Gasteiger partial charge in [-0.2, -0.15) is 11.8 Å². The highest BCUT2D eigenvalue weighted by atomic mass is 32.2. The van der Waals surface area contributed by atoms with Gasteiger partial charge in [-0.15, -0.1) is 0 Å². The van der Waals surface area contributed by atoms with Crippen LogP contribution in [-0.4, -0.2) is 35.2 Å². The van der Waals surface area contributed by atoms with Crippen molar-refractivity contribution in [1.29, 1.82) is 0 Å². The van der Waals surface area contributed by atoms with E-state index in [9.17, 15) is 9.59 Å². The third-order valence-electron chi connectivity index (χ3n) is 2.15. The number of thioether (sulfide) groups is 1. The minimum absolute atomic E-state index is 0.357. The summed E-state index contributed by atoms with van der Waals surface area (Å²) in [5, 5.41) is 8.84. The standard InChI is InChI=1S/C9H14O4S/c1-2-3-13-9(12)7-5-14-4-6(7)8(10)11/h6-7H,2-5H2,1H3,(H,10,11). The molecule has 1 rings (SSSR count). The van der Waals surface area contributed by atoms with E-state index >= 15 is 0 Å². The summed E-state index contributed by atoms with van der Waals surface area (Å²) in [6, 6.07) is 0. The minimum Gasteiger partial charge on any atom is -0.481 e. The summed E-state index contributed by atoms with van der Waals surface area (Å²) in [5.41, 5.74) is 0. The number of carboxylic acids is 1. The molecule has 0 bridgehead atoms. The molecule has 0 aliphatic carbocycles. The molecule has 1 aliphatic rings. The molecule has 0 saturated carbocycles. The van der Waals surface area contributed by atoms with Gasteiger partial charge in [-0.25, -0.2) is 0 Å². The van der Waals surface area contributed by atoms with Crippen molar-refractivity contribution in [3.8, 4) is 0 Å². The van der Waals surface area contributed by atoms with E-state index in [1.807, 2.05) is 6.92 Å². The summed E-state index contributed by atoms with van der Waals surface area (Å²) in [4.78, 5) is 22.2. The molecule has 0 aromatic rings. The van der Waals surface area contributed by atoms with Gasteiger partial charge in [-0.1, -0.05) is 6.92 Å². The Morgan fingerprint density at radius 1 is 1.43 bits per heavy atom. The minimum atomic E-state index is -0.895. The highest BCUT2D eigenvalue weighted by molar-refractivity contribution is 7.99. The average Bonchev–Trinajstić information content (AvgIpc) is 2.62. The summed E-state index contributed by atoms with van der Waals surface area (Å²) < 4.78 is 4.94. The lowest BCUT2D eigenvalue weighted by atomic mass is 9.96. The topological polar surface area (TPSA) is 63.6 Å². The fourth-order valence-electron chi connectivity index (χ4n) is 1.34. The number of hydrogen-bond donors (Lipinski definition) is 1. The molecule has 2 atom stereocenters. The van der Waals surface area contributed by atoms with Gasteiger partial charge in [0.1, 0.15) is 0 Å². The van der Waals surface area contributed by atoms with Crippen molar-refractivity contribution in [1.82, 2.24) is 0 Å². The van der Waals surface area contributed by atoms with E-state index in [4.69, 9.17) is 9.84 Å². The first-order chi connectivity index (χ1) is 6.66. The normalized spacial score (nSPS) is 26.1. The molecule has 0 amide bonds. The molecule has 2 unspecified atom stereocenters. The largest absolute Gasteiger partial charge is 0.481 e. The highest BCUT2D eigenvalue weighted by Gasteiger charge is 2.39. The molecule has 1 N–H and O–H groups in total. The number of aliphatic carboxylic acids is 1. The molecule has 4 nitrogen and oxygen atoms in total. The van der Waals surface area contributed by atoms with Crippen molar-refractivity contribution in [2.24, 2.45) is 11.8 Å². The lowest BCUT2D eigenvalue weighted by Crippen LogP contribution is -2.30. The summed E-state index contributed by atoms with van der Waals surface area (Å²) in [7, 11) is 0. The molecule has 0 radical (unpaired) electrons. The van der Waals surface area contributed by atoms with Crippen LogP contribution in [0.3, 0.4) is 0 Å². The van der Waals surface area contributed by atoms with E-state index in [1.54, 1.807) is 0 Å². The van der Waals surface area contributed by atoms with Gasteiger partial charge < -0.3 is 9.84 Å². The Bertz CT molecular complexity index is 229. The second-order valence-electron chi connectivity index (χ2n) is 3.26. The number of esters is 1. The number of ether oxygens (including phenoxy) is 1. The van der Waals surface area contributed by atoms with E-state index in [0.717, 1.165) is 6.42 Å². The van der Waals surface area contributed by atoms with Crippen molar-refractivity contribution in [2.45, 2.75) is 13.3 Å². The number of rotatable bonds is 4. The van der Waals surface area contributed by atoms with Crippen molar-refractivity contribution >= 4 is 23.7 Å². The molecule has 0 aromatic carbocycles. The van der Waals surface area contributed by atoms with Crippen LogP contribution in [0.2, 0.25) is 0 Å². The van der Waals surface area contributed by atoms with Gasteiger partial charge in [0.25, 0.3) is 0 Å². The predicted octanol–water partition coefficient (Wildman–Crippen LogP) is 1.00. The third kappa shape index (κ3) is 2.64. The maximum Gasteiger partial charge on any atom is 0.310 e. The summed E-state index contributed by atoms with van der Waals surface area (Å²) in [6.45, 7) is 2.29. The van der Waals surface area contributed by atoms with Crippen LogP contribution in [0.15, 0.2) is 0 Å². The van der Waals surface area contributed by atoms with E-state index in [2.05, 4.69) is 0 Å². The Kier molecular flexibility index (Phi) is 4.25. The van der Waals surface area contributed by atoms with Crippen LogP contribution in [0.5, 0.6) is 0 Å². The van der Waals surface area contributed by atoms with Gasteiger partial charge in [-0.3, -0.25) is 9.59 Å². The van der Waals surface area contributed by atoms with Crippen LogP contribution >= 0.6 is 11.8 Å². The lowest BCUT2D eigenvalue weighted by Gasteiger charge is -2.13. The molecule has 5 heteroatoms. The monoisotopic (exact) mass is 218 g/mol. The summed E-state index contributed by atoms with van der Waals surface area (Å²) in [6.07, 6.45) is 0.767. The fourth-order valence-corrected chi connectivity index (χ4v) is 2.73. The average molecular weight is 218 g/mol. The smallest absolute Gasteiger partial charge is 0.310 e. The van der Waals surface area contributed by atoms with Gasteiger partial charge in [0.2, 0.25) is 0 Å². The number of hydrogen-bond acceptors (Lipinski definition) is 4. The SMILES string of the molecule is CCCOC(=O)C1CSCC1C(=O)O. The van der Waals surface area contributed by atoms with Gasteiger partial charge >= 0.3 is 11.9 Å². The molecular formula is C9H14O4S. The van der Waals surface area contributed by atoms with Crippen LogP contribution in [-0.2, 0) is 14.3 Å². The molecule has 0 aromatic heterocycles. The van der Waals surface area contributed by atoms with E-state index in [-0.39, 0.29) is 5.97 Å². The molecular weight excluding hydrogens is 204 g/mol. The molecule has 80 valence electrons. The molecule has 14 heavy (non-hydrogen) atoms. The summed E-state index contributed by atoms with van der Waals surface area (Å²) in [5.74, 6) is -1.19. The van der Waals surface area contributed by atoms with Crippen molar-refractivity contribution in [2.75, 3.05) is 18.1 Å². The molecule has 1 saturated heterocycles. The molecule has 0 spiro atoms. The van der Waals surface area contributed by atoms with Crippen LogP contribution in [0.25, 0.3) is 0 Å². The zero-order valence-electron chi connectivity index (χ0n) is 8.06. The van der Waals surface area contributed by atoms with Crippen LogP contribution in [0.1, 0.15) is 13.3 Å². The number of carbonyl (C=O) groups excluding carboxylic acids is 1. The Morgan fingerprint density at radius 3 is 2.64 bits per heavy atom. The zero-order chi connectivity index (χ0) is 10.6. The molecule has 1 fully saturated rings. The van der Waals surface area contributed by atoms with Gasteiger partial charge in [0.05, 0.1) is 18.4 Å². The fraction of sp³-hybridized carbons (Fsp3) is 0.778. The first-order valence-corrected chi connectivity index (χ1v) is 5.79. The van der Waals surface area contributed by atoms with Gasteiger partial charge in [-0.05, 0) is 6.42 Å². The van der Waals surface area contributed by atoms with Gasteiger partial charge in [0, 0.05) is 11.5 Å². The number of carboxylic acid groups (broad SMARTS) is 1. The third-order valence-corrected chi connectivity index (χ3v) is 3.34. The second kappa shape index (κ2) is 5.24. The Hall–Kier alpha value is -0.710. The van der Waals surface area contributed by atoms with Gasteiger partial charge in [0.15, 0.2) is 0 Å². The van der Waals surface area contributed by atoms with E-state index < -0.39 is 17.8 Å². The quantitative estimate of drug-likeness (QED) is 0.713. The van der Waals surface area contributed by atoms with Crippen molar-refractivity contribution in [3.05, 3.63) is 0 Å². The van der Waals surface area contributed by atoms with Crippen LogP contribution in [0, 0.1) is 11.8 Å². The van der Waals surface area contributed by atoms with Crippen molar-refractivity contribution < 1.29 is 19.4 Å². The lowest BCUT2D eigenvalue weighted by molar-refractivity contribution is -0.155. The highest BCUT2D eigenvalue weighted by Crippen LogP contribution is 2.31. The Balaban J connectivity index is 2.49. The molecule has 1 aliphatic heterocycles. The first-order valence-electron chi connectivity index (χ1n) is 4.64. The maximum absolute atomic E-state index is 11.4. The predicted molar refractivity (Wildman–Crippen MR) is 53.2 cm³/mol. The maximum atomic E-state index is 11.4. The van der Waals surface area contributed by atoms with E-state index in [0.29, 0.717) is 18.1 Å². The Labute approximate surface area is 87.0 Å². The van der Waals surface area contributed by atoms with Crippen LogP contribution in [0.4, 0.5) is 0 Å². The Morgan fingerprint density at radius 2 is 2.07 bits per heavy atom. The van der Waals surface area contributed by atoms with E-state index in [1.165, 1.54) is 11.8 Å². The van der Waals surface area contributed by atoms with Crippen molar-refractivity contribution in [3.63, 3.8) is 0 Å². The first kappa shape index (κ1) is 11.4. The second-order valence-corrected chi connectivity index (χ2v) is 4.33. The number of carbonyl (C=O) groups is 2.